The smallest absolute Gasteiger partial charge is 0.249 e. The predicted octanol–water partition coefficient (Wildman–Crippen LogP) is 3.25. The minimum atomic E-state index is -0.693. The fourth-order valence-electron chi connectivity index (χ4n) is 3.34. The Morgan fingerprint density at radius 1 is 1.14 bits per heavy atom. The largest absolute Gasteiger partial charge is 0.340 e. The molecular formula is C17H32N2O2. The third-order valence-corrected chi connectivity index (χ3v) is 4.94. The first-order valence-corrected chi connectivity index (χ1v) is 8.62. The quantitative estimate of drug-likeness (QED) is 0.699. The molecule has 0 radical (unpaired) electrons. The van der Waals surface area contributed by atoms with Crippen LogP contribution < -0.4 is 5.32 Å². The second-order valence-electron chi connectivity index (χ2n) is 6.26. The monoisotopic (exact) mass is 296 g/mol. The molecule has 0 bridgehead atoms. The summed E-state index contributed by atoms with van der Waals surface area (Å²) in [6.45, 7) is 10.2. The SMILES string of the molecule is CCCCCC(C)N1C(=O)C(CC)(CC)NC(=O)C1CC. The zero-order valence-corrected chi connectivity index (χ0v) is 14.4. The molecule has 1 rings (SSSR count). The van der Waals surface area contributed by atoms with Crippen LogP contribution in [0.5, 0.6) is 0 Å². The van der Waals surface area contributed by atoms with Crippen molar-refractivity contribution in [1.29, 1.82) is 0 Å². The van der Waals surface area contributed by atoms with Crippen LogP contribution in [0.3, 0.4) is 0 Å². The van der Waals surface area contributed by atoms with Crippen molar-refractivity contribution in [3.05, 3.63) is 0 Å². The zero-order chi connectivity index (χ0) is 16.0. The zero-order valence-electron chi connectivity index (χ0n) is 14.4. The van der Waals surface area contributed by atoms with Crippen molar-refractivity contribution in [2.45, 2.75) is 97.2 Å². The van der Waals surface area contributed by atoms with Crippen LogP contribution in [-0.2, 0) is 9.59 Å². The third kappa shape index (κ3) is 3.58. The Bertz CT molecular complexity index is 364. The molecule has 2 atom stereocenters. The minimum Gasteiger partial charge on any atom is -0.340 e. The van der Waals surface area contributed by atoms with Crippen molar-refractivity contribution in [2.24, 2.45) is 0 Å². The van der Waals surface area contributed by atoms with Crippen LogP contribution in [0.4, 0.5) is 0 Å². The standard InChI is InChI=1S/C17H32N2O2/c1-6-10-11-12-13(5)19-14(7-2)15(20)18-17(8-3,9-4)16(19)21/h13-14H,6-12H2,1-5H3,(H,18,20). The summed E-state index contributed by atoms with van der Waals surface area (Å²) in [5, 5.41) is 3.00. The summed E-state index contributed by atoms with van der Waals surface area (Å²) in [5.41, 5.74) is -0.693. The average molecular weight is 296 g/mol. The molecule has 1 aliphatic rings. The van der Waals surface area contributed by atoms with Crippen molar-refractivity contribution in [3.63, 3.8) is 0 Å². The number of rotatable bonds is 8. The van der Waals surface area contributed by atoms with Gasteiger partial charge in [0.1, 0.15) is 11.6 Å². The van der Waals surface area contributed by atoms with Crippen LogP contribution in [0.15, 0.2) is 0 Å². The van der Waals surface area contributed by atoms with E-state index < -0.39 is 5.54 Å². The van der Waals surface area contributed by atoms with Crippen molar-refractivity contribution in [3.8, 4) is 0 Å². The highest BCUT2D eigenvalue weighted by molar-refractivity contribution is 5.99. The summed E-state index contributed by atoms with van der Waals surface area (Å²) in [6.07, 6.45) is 6.44. The van der Waals surface area contributed by atoms with E-state index in [-0.39, 0.29) is 23.9 Å². The fraction of sp³-hybridized carbons (Fsp3) is 0.882. The molecule has 2 unspecified atom stereocenters. The Hall–Kier alpha value is -1.06. The summed E-state index contributed by atoms with van der Waals surface area (Å²) in [7, 11) is 0. The number of nitrogens with one attached hydrogen (secondary N) is 1. The van der Waals surface area contributed by atoms with Gasteiger partial charge in [-0.1, -0.05) is 47.0 Å². The molecule has 1 N–H and O–H groups in total. The van der Waals surface area contributed by atoms with E-state index in [1.54, 1.807) is 0 Å². The van der Waals surface area contributed by atoms with Gasteiger partial charge < -0.3 is 10.2 Å². The van der Waals surface area contributed by atoms with Gasteiger partial charge in [-0.05, 0) is 32.6 Å². The average Bonchev–Trinajstić information content (AvgIpc) is 2.48. The molecule has 0 aromatic heterocycles. The lowest BCUT2D eigenvalue weighted by atomic mass is 9.85. The number of piperazine rings is 1. The number of hydrogen-bond donors (Lipinski definition) is 1. The van der Waals surface area contributed by atoms with Crippen molar-refractivity contribution < 1.29 is 9.59 Å². The molecule has 2 amide bonds. The van der Waals surface area contributed by atoms with Gasteiger partial charge >= 0.3 is 0 Å². The highest BCUT2D eigenvalue weighted by Crippen LogP contribution is 2.29. The number of carbonyl (C=O) groups is 2. The van der Waals surface area contributed by atoms with Crippen LogP contribution in [0, 0.1) is 0 Å². The first-order chi connectivity index (χ1) is 9.97. The van der Waals surface area contributed by atoms with Crippen molar-refractivity contribution in [2.75, 3.05) is 0 Å². The highest BCUT2D eigenvalue weighted by atomic mass is 16.2. The summed E-state index contributed by atoms with van der Waals surface area (Å²) in [4.78, 5) is 27.3. The van der Waals surface area contributed by atoms with Gasteiger partial charge in [-0.2, -0.15) is 0 Å². The number of nitrogens with zero attached hydrogens (tertiary/aromatic N) is 1. The van der Waals surface area contributed by atoms with Gasteiger partial charge in [0.05, 0.1) is 0 Å². The normalized spacial score (nSPS) is 23.1. The Labute approximate surface area is 129 Å². The number of carbonyl (C=O) groups excluding carboxylic acids is 2. The number of amides is 2. The molecule has 1 heterocycles. The molecule has 0 aliphatic carbocycles. The molecule has 0 spiro atoms. The van der Waals surface area contributed by atoms with E-state index in [0.717, 1.165) is 12.8 Å². The lowest BCUT2D eigenvalue weighted by molar-refractivity contribution is -0.158. The van der Waals surface area contributed by atoms with Crippen molar-refractivity contribution in [1.82, 2.24) is 10.2 Å². The van der Waals surface area contributed by atoms with E-state index in [2.05, 4.69) is 19.2 Å². The number of hydrogen-bond acceptors (Lipinski definition) is 2. The highest BCUT2D eigenvalue weighted by Gasteiger charge is 2.49. The van der Waals surface area contributed by atoms with Crippen LogP contribution in [-0.4, -0.2) is 34.3 Å². The molecule has 4 nitrogen and oxygen atoms in total. The summed E-state index contributed by atoms with van der Waals surface area (Å²) in [5.74, 6) is 0.131. The van der Waals surface area contributed by atoms with Crippen LogP contribution in [0.25, 0.3) is 0 Å². The molecule has 0 aromatic rings. The molecule has 21 heavy (non-hydrogen) atoms. The molecule has 0 aromatic carbocycles. The van der Waals surface area contributed by atoms with E-state index in [1.807, 2.05) is 25.7 Å². The Morgan fingerprint density at radius 3 is 2.24 bits per heavy atom. The van der Waals surface area contributed by atoms with Crippen LogP contribution in [0.1, 0.15) is 79.6 Å². The molecule has 1 saturated heterocycles. The minimum absolute atomic E-state index is 0.0168. The maximum Gasteiger partial charge on any atom is 0.249 e. The van der Waals surface area contributed by atoms with Crippen molar-refractivity contribution >= 4 is 11.8 Å². The Kier molecular flexibility index (Phi) is 6.69. The van der Waals surface area contributed by atoms with E-state index in [1.165, 1.54) is 12.8 Å². The lowest BCUT2D eigenvalue weighted by Gasteiger charge is -2.48. The lowest BCUT2D eigenvalue weighted by Crippen LogP contribution is -2.71. The molecule has 1 fully saturated rings. The van der Waals surface area contributed by atoms with Gasteiger partial charge in [0.25, 0.3) is 0 Å². The maximum absolute atomic E-state index is 13.0. The number of unbranched alkanes of at least 4 members (excludes halogenated alkanes) is 2. The van der Waals surface area contributed by atoms with Gasteiger partial charge in [-0.3, -0.25) is 9.59 Å². The van der Waals surface area contributed by atoms with Crippen LogP contribution >= 0.6 is 0 Å². The summed E-state index contributed by atoms with van der Waals surface area (Å²) < 4.78 is 0. The van der Waals surface area contributed by atoms with E-state index in [0.29, 0.717) is 19.3 Å². The maximum atomic E-state index is 13.0. The Morgan fingerprint density at radius 2 is 1.76 bits per heavy atom. The molecular weight excluding hydrogens is 264 g/mol. The van der Waals surface area contributed by atoms with Crippen LogP contribution in [0.2, 0.25) is 0 Å². The van der Waals surface area contributed by atoms with Gasteiger partial charge in [0, 0.05) is 6.04 Å². The molecule has 1 aliphatic heterocycles. The Balaban J connectivity index is 2.98. The molecule has 122 valence electrons. The second kappa shape index (κ2) is 7.81. The fourth-order valence-corrected chi connectivity index (χ4v) is 3.34. The van der Waals surface area contributed by atoms with E-state index >= 15 is 0 Å². The van der Waals surface area contributed by atoms with Gasteiger partial charge in [0.2, 0.25) is 11.8 Å². The van der Waals surface area contributed by atoms with E-state index in [4.69, 9.17) is 0 Å². The second-order valence-corrected chi connectivity index (χ2v) is 6.26. The summed E-state index contributed by atoms with van der Waals surface area (Å²) in [6, 6.07) is -0.169. The first kappa shape index (κ1) is 18.0. The summed E-state index contributed by atoms with van der Waals surface area (Å²) >= 11 is 0. The van der Waals surface area contributed by atoms with E-state index in [9.17, 15) is 9.59 Å². The topological polar surface area (TPSA) is 49.4 Å². The van der Waals surface area contributed by atoms with Gasteiger partial charge in [0.15, 0.2) is 0 Å². The third-order valence-electron chi connectivity index (χ3n) is 4.94. The molecule has 0 saturated carbocycles. The van der Waals surface area contributed by atoms with Gasteiger partial charge in [-0.25, -0.2) is 0 Å². The molecule has 4 heteroatoms. The van der Waals surface area contributed by atoms with Gasteiger partial charge in [-0.15, -0.1) is 0 Å². The predicted molar refractivity (Wildman–Crippen MR) is 86.0 cm³/mol. The first-order valence-electron chi connectivity index (χ1n) is 8.62.